The van der Waals surface area contributed by atoms with Gasteiger partial charge in [0.05, 0.1) is 13.2 Å². The van der Waals surface area contributed by atoms with Crippen LogP contribution < -0.4 is 4.57 Å². The van der Waals surface area contributed by atoms with Crippen molar-refractivity contribution < 1.29 is 18.8 Å². The van der Waals surface area contributed by atoms with E-state index in [0.717, 1.165) is 6.54 Å². The molecule has 0 saturated carbocycles. The van der Waals surface area contributed by atoms with Crippen LogP contribution in [0.25, 0.3) is 10.2 Å². The zero-order chi connectivity index (χ0) is 14.4. The molecular weight excluding hydrogens is 274 g/mol. The molecule has 1 atom stereocenters. The lowest BCUT2D eigenvalue weighted by Crippen LogP contribution is -2.37. The van der Waals surface area contributed by atoms with Crippen LogP contribution in [0.5, 0.6) is 0 Å². The molecule has 0 radical (unpaired) electrons. The molecule has 1 heterocycles. The van der Waals surface area contributed by atoms with E-state index < -0.39 is 0 Å². The van der Waals surface area contributed by atoms with Gasteiger partial charge in [0.15, 0.2) is 12.8 Å². The Kier molecular flexibility index (Phi) is 5.91. The van der Waals surface area contributed by atoms with Crippen LogP contribution in [-0.4, -0.2) is 33.2 Å². The lowest BCUT2D eigenvalue weighted by atomic mass is 10.3. The van der Waals surface area contributed by atoms with Crippen molar-refractivity contribution in [2.24, 2.45) is 0 Å². The molecule has 0 saturated heterocycles. The summed E-state index contributed by atoms with van der Waals surface area (Å²) in [6.45, 7) is 6.73. The van der Waals surface area contributed by atoms with Crippen molar-refractivity contribution in [3.05, 3.63) is 29.3 Å². The number of aryl methyl sites for hydroxylation is 1. The maximum Gasteiger partial charge on any atom is 0.235 e. The van der Waals surface area contributed by atoms with Crippen LogP contribution in [0, 0.1) is 6.92 Å². The van der Waals surface area contributed by atoms with Gasteiger partial charge in [0, 0.05) is 20.1 Å². The molecule has 0 spiro atoms. The second-order valence-corrected chi connectivity index (χ2v) is 5.76. The highest BCUT2D eigenvalue weighted by Crippen LogP contribution is 2.18. The molecule has 0 fully saturated rings. The van der Waals surface area contributed by atoms with Gasteiger partial charge in [-0.05, 0) is 13.0 Å². The zero-order valence-electron chi connectivity index (χ0n) is 12.3. The summed E-state index contributed by atoms with van der Waals surface area (Å²) in [6, 6.07) is 8.46. The Bertz CT molecular complexity index is 541. The summed E-state index contributed by atoms with van der Waals surface area (Å²) in [5.41, 5.74) is 1.28. The Labute approximate surface area is 123 Å². The SMILES string of the molecule is COC(C)OCCOCC[n+]1c(C)sc2ccccc21. The van der Waals surface area contributed by atoms with E-state index in [1.165, 1.54) is 15.2 Å². The van der Waals surface area contributed by atoms with Gasteiger partial charge in [-0.2, -0.15) is 4.57 Å². The lowest BCUT2D eigenvalue weighted by molar-refractivity contribution is -0.674. The Hall–Kier alpha value is -1.01. The van der Waals surface area contributed by atoms with E-state index in [1.807, 2.05) is 18.3 Å². The molecule has 2 aromatic rings. The van der Waals surface area contributed by atoms with Crippen LogP contribution in [0.3, 0.4) is 0 Å². The largest absolute Gasteiger partial charge is 0.372 e. The topological polar surface area (TPSA) is 31.6 Å². The summed E-state index contributed by atoms with van der Waals surface area (Å²) >= 11 is 1.82. The first kappa shape index (κ1) is 15.4. The fraction of sp³-hybridized carbons (Fsp3) is 0.533. The number of nitrogens with zero attached hydrogens (tertiary/aromatic N) is 1. The third kappa shape index (κ3) is 3.99. The first-order valence-corrected chi connectivity index (χ1v) is 7.64. The molecule has 0 amide bonds. The third-order valence-electron chi connectivity index (χ3n) is 3.17. The molecule has 0 aliphatic heterocycles. The van der Waals surface area contributed by atoms with Gasteiger partial charge in [-0.3, -0.25) is 0 Å². The molecule has 0 aliphatic carbocycles. The highest BCUT2D eigenvalue weighted by Gasteiger charge is 2.15. The van der Waals surface area contributed by atoms with Crippen molar-refractivity contribution in [1.29, 1.82) is 0 Å². The first-order valence-electron chi connectivity index (χ1n) is 6.82. The second-order valence-electron chi connectivity index (χ2n) is 4.53. The Balaban J connectivity index is 1.77. The minimum atomic E-state index is -0.170. The van der Waals surface area contributed by atoms with Gasteiger partial charge in [0.2, 0.25) is 10.5 Å². The monoisotopic (exact) mass is 296 g/mol. The third-order valence-corrected chi connectivity index (χ3v) is 4.25. The van der Waals surface area contributed by atoms with Gasteiger partial charge in [-0.25, -0.2) is 0 Å². The number of methoxy groups -OCH3 is 1. The molecule has 1 aromatic heterocycles. The number of fused-ring (bicyclic) bond motifs is 1. The molecule has 5 heteroatoms. The molecule has 2 rings (SSSR count). The van der Waals surface area contributed by atoms with Gasteiger partial charge in [-0.1, -0.05) is 23.5 Å². The highest BCUT2D eigenvalue weighted by molar-refractivity contribution is 7.18. The van der Waals surface area contributed by atoms with E-state index in [2.05, 4.69) is 35.8 Å². The first-order chi connectivity index (χ1) is 9.72. The van der Waals surface area contributed by atoms with E-state index in [4.69, 9.17) is 14.2 Å². The maximum atomic E-state index is 5.61. The van der Waals surface area contributed by atoms with Crippen molar-refractivity contribution in [2.75, 3.05) is 26.9 Å². The number of rotatable bonds is 8. The lowest BCUT2D eigenvalue weighted by Gasteiger charge is -2.10. The molecule has 110 valence electrons. The second kappa shape index (κ2) is 7.69. The number of hydrogen-bond acceptors (Lipinski definition) is 4. The van der Waals surface area contributed by atoms with Crippen LogP contribution in [0.4, 0.5) is 0 Å². The Morgan fingerprint density at radius 3 is 2.80 bits per heavy atom. The predicted molar refractivity (Wildman–Crippen MR) is 80.0 cm³/mol. The highest BCUT2D eigenvalue weighted by atomic mass is 32.1. The molecule has 20 heavy (non-hydrogen) atoms. The molecule has 1 aromatic carbocycles. The van der Waals surface area contributed by atoms with Gasteiger partial charge in [0.1, 0.15) is 11.3 Å². The summed E-state index contributed by atoms with van der Waals surface area (Å²) in [4.78, 5) is 0. The normalized spacial score (nSPS) is 12.9. The van der Waals surface area contributed by atoms with Crippen molar-refractivity contribution in [3.8, 4) is 0 Å². The molecular formula is C15H22NO3S+. The molecule has 0 bridgehead atoms. The number of ether oxygens (including phenoxy) is 3. The average Bonchev–Trinajstić information content (AvgIpc) is 2.78. The van der Waals surface area contributed by atoms with Crippen LogP contribution in [0.15, 0.2) is 24.3 Å². The van der Waals surface area contributed by atoms with Crippen molar-refractivity contribution in [1.82, 2.24) is 0 Å². The minimum Gasteiger partial charge on any atom is -0.372 e. The van der Waals surface area contributed by atoms with Gasteiger partial charge in [0.25, 0.3) is 0 Å². The predicted octanol–water partition coefficient (Wildman–Crippen LogP) is 2.52. The summed E-state index contributed by atoms with van der Waals surface area (Å²) in [7, 11) is 1.63. The van der Waals surface area contributed by atoms with E-state index in [1.54, 1.807) is 7.11 Å². The Morgan fingerprint density at radius 2 is 2.00 bits per heavy atom. The van der Waals surface area contributed by atoms with Crippen LogP contribution in [-0.2, 0) is 20.8 Å². The molecule has 0 aliphatic rings. The minimum absolute atomic E-state index is 0.170. The fourth-order valence-corrected chi connectivity index (χ4v) is 3.07. The number of benzene rings is 1. The molecule has 4 nitrogen and oxygen atoms in total. The number of para-hydroxylation sites is 1. The van der Waals surface area contributed by atoms with Crippen molar-refractivity contribution in [3.63, 3.8) is 0 Å². The van der Waals surface area contributed by atoms with Gasteiger partial charge >= 0.3 is 0 Å². The maximum absolute atomic E-state index is 5.61. The summed E-state index contributed by atoms with van der Waals surface area (Å²) < 4.78 is 19.6. The number of hydrogen-bond donors (Lipinski definition) is 0. The fourth-order valence-electron chi connectivity index (χ4n) is 2.03. The Morgan fingerprint density at radius 1 is 1.20 bits per heavy atom. The van der Waals surface area contributed by atoms with E-state index in [9.17, 15) is 0 Å². The van der Waals surface area contributed by atoms with Crippen molar-refractivity contribution >= 4 is 21.6 Å². The molecule has 1 unspecified atom stereocenters. The quantitative estimate of drug-likeness (QED) is 0.426. The number of aromatic nitrogens is 1. The average molecular weight is 296 g/mol. The smallest absolute Gasteiger partial charge is 0.235 e. The van der Waals surface area contributed by atoms with E-state index >= 15 is 0 Å². The van der Waals surface area contributed by atoms with Gasteiger partial charge < -0.3 is 14.2 Å². The standard InChI is InChI=1S/C15H22NO3S/c1-12-16(14-6-4-5-7-15(14)20-12)8-9-18-10-11-19-13(2)17-3/h4-7,13H,8-11H2,1-3H3/q+1. The van der Waals surface area contributed by atoms with Crippen molar-refractivity contribution in [2.45, 2.75) is 26.7 Å². The van der Waals surface area contributed by atoms with Gasteiger partial charge in [-0.15, -0.1) is 0 Å². The van der Waals surface area contributed by atoms with Crippen LogP contribution in [0.2, 0.25) is 0 Å². The zero-order valence-corrected chi connectivity index (χ0v) is 13.1. The van der Waals surface area contributed by atoms with Crippen LogP contribution >= 0.6 is 11.3 Å². The van der Waals surface area contributed by atoms with E-state index in [0.29, 0.717) is 19.8 Å². The molecule has 0 N–H and O–H groups in total. The summed E-state index contributed by atoms with van der Waals surface area (Å²) in [5, 5.41) is 1.30. The van der Waals surface area contributed by atoms with E-state index in [-0.39, 0.29) is 6.29 Å². The summed E-state index contributed by atoms with van der Waals surface area (Å²) in [6.07, 6.45) is -0.170. The number of thiazole rings is 1. The summed E-state index contributed by atoms with van der Waals surface area (Å²) in [5.74, 6) is 0. The van der Waals surface area contributed by atoms with Crippen LogP contribution in [0.1, 0.15) is 11.9 Å².